The summed E-state index contributed by atoms with van der Waals surface area (Å²) in [6, 6.07) is 12.1. The van der Waals surface area contributed by atoms with E-state index in [1.54, 1.807) is 36.4 Å². The Morgan fingerprint density at radius 3 is 2.60 bits per heavy atom. The third-order valence-electron chi connectivity index (χ3n) is 3.12. The second-order valence-corrected chi connectivity index (χ2v) is 4.28. The van der Waals surface area contributed by atoms with E-state index < -0.39 is 5.97 Å². The molecule has 2 aromatic carbocycles. The minimum Gasteiger partial charge on any atom is -0.478 e. The Morgan fingerprint density at radius 1 is 1.20 bits per heavy atom. The van der Waals surface area contributed by atoms with Crippen LogP contribution in [-0.2, 0) is 0 Å². The summed E-state index contributed by atoms with van der Waals surface area (Å²) >= 11 is 0. The van der Waals surface area contributed by atoms with Crippen LogP contribution in [0.1, 0.15) is 15.9 Å². The van der Waals surface area contributed by atoms with Gasteiger partial charge in [0.2, 0.25) is 0 Å². The number of rotatable bonds is 2. The van der Waals surface area contributed by atoms with Crippen LogP contribution in [0.5, 0.6) is 0 Å². The molecule has 0 atom stereocenters. The molecule has 0 unspecified atom stereocenters. The number of nitrogens with one attached hydrogen (secondary N) is 1. The van der Waals surface area contributed by atoms with Crippen molar-refractivity contribution in [2.75, 3.05) is 0 Å². The van der Waals surface area contributed by atoms with E-state index >= 15 is 0 Å². The molecule has 1 aromatic heterocycles. The monoisotopic (exact) mass is 263 g/mol. The number of benzene rings is 2. The summed E-state index contributed by atoms with van der Waals surface area (Å²) in [4.78, 5) is 18.6. The zero-order valence-electron chi connectivity index (χ0n) is 10.3. The van der Waals surface area contributed by atoms with Gasteiger partial charge in [-0.3, -0.25) is 0 Å². The minimum absolute atomic E-state index is 0.189. The fourth-order valence-corrected chi connectivity index (χ4v) is 2.19. The maximum Gasteiger partial charge on any atom is 0.336 e. The highest BCUT2D eigenvalue weighted by molar-refractivity contribution is 6.05. The fraction of sp³-hybridized carbons (Fsp3) is 0. The van der Waals surface area contributed by atoms with Crippen LogP contribution in [0.25, 0.3) is 22.2 Å². The molecule has 5 nitrogen and oxygen atoms in total. The van der Waals surface area contributed by atoms with Crippen molar-refractivity contribution in [3.63, 3.8) is 0 Å². The molecule has 0 radical (unpaired) electrons. The summed E-state index contributed by atoms with van der Waals surface area (Å²) in [6.45, 7) is 0. The third kappa shape index (κ3) is 1.80. The van der Waals surface area contributed by atoms with Gasteiger partial charge in [-0.1, -0.05) is 12.1 Å². The molecule has 0 fully saturated rings. The van der Waals surface area contributed by atoms with Gasteiger partial charge in [0.25, 0.3) is 0 Å². The number of hydrogen-bond acceptors (Lipinski definition) is 3. The van der Waals surface area contributed by atoms with Crippen molar-refractivity contribution >= 4 is 17.0 Å². The molecular weight excluding hydrogens is 254 g/mol. The molecule has 0 saturated carbocycles. The average Bonchev–Trinajstić information content (AvgIpc) is 2.94. The summed E-state index contributed by atoms with van der Waals surface area (Å²) in [7, 11) is 0. The van der Waals surface area contributed by atoms with Crippen LogP contribution in [0, 0.1) is 11.3 Å². The highest BCUT2D eigenvalue weighted by atomic mass is 16.4. The number of nitrogens with zero attached hydrogens (tertiary/aromatic N) is 2. The van der Waals surface area contributed by atoms with Crippen molar-refractivity contribution in [3.05, 3.63) is 53.9 Å². The van der Waals surface area contributed by atoms with Crippen LogP contribution in [0.3, 0.4) is 0 Å². The molecule has 5 heteroatoms. The number of aromatic nitrogens is 2. The normalized spacial score (nSPS) is 10.3. The number of H-pyrrole nitrogens is 1. The molecule has 0 aliphatic carbocycles. The predicted octanol–water partition coefficient (Wildman–Crippen LogP) is 2.80. The minimum atomic E-state index is -1.01. The van der Waals surface area contributed by atoms with Crippen LogP contribution in [0.2, 0.25) is 0 Å². The van der Waals surface area contributed by atoms with E-state index in [1.807, 2.05) is 6.07 Å². The lowest BCUT2D eigenvalue weighted by Crippen LogP contribution is -2.00. The summed E-state index contributed by atoms with van der Waals surface area (Å²) in [5.74, 6) is -1.01. The third-order valence-corrected chi connectivity index (χ3v) is 3.12. The van der Waals surface area contributed by atoms with Crippen molar-refractivity contribution in [1.29, 1.82) is 5.26 Å². The Kier molecular flexibility index (Phi) is 2.70. The Balaban J connectivity index is 2.31. The molecule has 3 rings (SSSR count). The largest absolute Gasteiger partial charge is 0.478 e. The van der Waals surface area contributed by atoms with E-state index in [2.05, 4.69) is 9.97 Å². The highest BCUT2D eigenvalue weighted by Gasteiger charge is 2.16. The van der Waals surface area contributed by atoms with E-state index in [1.165, 1.54) is 6.33 Å². The van der Waals surface area contributed by atoms with Crippen LogP contribution in [-0.4, -0.2) is 21.0 Å². The Morgan fingerprint density at radius 2 is 1.95 bits per heavy atom. The Bertz CT molecular complexity index is 842. The van der Waals surface area contributed by atoms with Gasteiger partial charge in [-0.05, 0) is 29.8 Å². The number of hydrogen-bond donors (Lipinski definition) is 2. The zero-order valence-corrected chi connectivity index (χ0v) is 10.3. The fourth-order valence-electron chi connectivity index (χ4n) is 2.19. The summed E-state index contributed by atoms with van der Waals surface area (Å²) in [6.07, 6.45) is 1.53. The highest BCUT2D eigenvalue weighted by Crippen LogP contribution is 2.30. The number of carbonyl (C=O) groups is 1. The molecule has 20 heavy (non-hydrogen) atoms. The number of carboxylic acids is 1. The molecule has 0 aliphatic rings. The van der Waals surface area contributed by atoms with Gasteiger partial charge in [0.15, 0.2) is 0 Å². The molecule has 0 amide bonds. The number of aromatic carboxylic acids is 1. The molecule has 1 heterocycles. The molecular formula is C15H9N3O2. The number of imidazole rings is 1. The van der Waals surface area contributed by atoms with Gasteiger partial charge in [0.05, 0.1) is 34.6 Å². The lowest BCUT2D eigenvalue weighted by Gasteiger charge is -2.07. The first-order valence-corrected chi connectivity index (χ1v) is 5.90. The summed E-state index contributed by atoms with van der Waals surface area (Å²) < 4.78 is 0. The van der Waals surface area contributed by atoms with Crippen LogP contribution < -0.4 is 0 Å². The van der Waals surface area contributed by atoms with E-state index in [4.69, 9.17) is 5.26 Å². The first-order valence-electron chi connectivity index (χ1n) is 5.90. The first kappa shape index (κ1) is 11.9. The maximum atomic E-state index is 11.4. The smallest absolute Gasteiger partial charge is 0.336 e. The van der Waals surface area contributed by atoms with Gasteiger partial charge < -0.3 is 10.1 Å². The Hall–Kier alpha value is -3.13. The van der Waals surface area contributed by atoms with Gasteiger partial charge in [-0.15, -0.1) is 0 Å². The topological polar surface area (TPSA) is 89.8 Å². The van der Waals surface area contributed by atoms with E-state index in [0.717, 1.165) is 11.1 Å². The molecule has 0 spiro atoms. The number of fused-ring (bicyclic) bond motifs is 1. The van der Waals surface area contributed by atoms with Crippen molar-refractivity contribution in [1.82, 2.24) is 9.97 Å². The predicted molar refractivity (Wildman–Crippen MR) is 73.2 cm³/mol. The van der Waals surface area contributed by atoms with Gasteiger partial charge in [0.1, 0.15) is 0 Å². The van der Waals surface area contributed by atoms with Crippen molar-refractivity contribution < 1.29 is 9.90 Å². The molecule has 2 N–H and O–H groups in total. The standard InChI is InChI=1S/C15H9N3O2/c16-7-9-1-3-10(4-2-9)13-11(15(19)20)5-6-12-14(13)18-8-17-12/h1-6,8H,(H,17,18)(H,19,20). The Labute approximate surface area is 114 Å². The van der Waals surface area contributed by atoms with Crippen molar-refractivity contribution in [2.24, 2.45) is 0 Å². The number of nitriles is 1. The van der Waals surface area contributed by atoms with Crippen molar-refractivity contribution in [2.45, 2.75) is 0 Å². The molecule has 0 aliphatic heterocycles. The molecule has 0 bridgehead atoms. The average molecular weight is 263 g/mol. The maximum absolute atomic E-state index is 11.4. The van der Waals surface area contributed by atoms with Crippen LogP contribution >= 0.6 is 0 Å². The van der Waals surface area contributed by atoms with Gasteiger partial charge in [-0.2, -0.15) is 5.26 Å². The van der Waals surface area contributed by atoms with Crippen molar-refractivity contribution in [3.8, 4) is 17.2 Å². The lowest BCUT2D eigenvalue weighted by molar-refractivity contribution is 0.0698. The van der Waals surface area contributed by atoms with Crippen LogP contribution in [0.15, 0.2) is 42.7 Å². The van der Waals surface area contributed by atoms with E-state index in [0.29, 0.717) is 16.6 Å². The number of aromatic amines is 1. The quantitative estimate of drug-likeness (QED) is 0.743. The molecule has 3 aromatic rings. The first-order chi connectivity index (χ1) is 9.70. The lowest BCUT2D eigenvalue weighted by atomic mass is 9.97. The summed E-state index contributed by atoms with van der Waals surface area (Å²) in [5, 5.41) is 18.2. The SMILES string of the molecule is N#Cc1ccc(-c2c(C(=O)O)ccc3[nH]cnc23)cc1. The second kappa shape index (κ2) is 4.52. The van der Waals surface area contributed by atoms with Gasteiger partial charge >= 0.3 is 5.97 Å². The van der Waals surface area contributed by atoms with Gasteiger partial charge in [0, 0.05) is 5.56 Å². The van der Waals surface area contributed by atoms with E-state index in [9.17, 15) is 9.90 Å². The summed E-state index contributed by atoms with van der Waals surface area (Å²) in [5.41, 5.74) is 3.37. The van der Waals surface area contributed by atoms with Gasteiger partial charge in [-0.25, -0.2) is 9.78 Å². The van der Waals surface area contributed by atoms with Crippen LogP contribution in [0.4, 0.5) is 0 Å². The second-order valence-electron chi connectivity index (χ2n) is 4.28. The van der Waals surface area contributed by atoms with E-state index in [-0.39, 0.29) is 5.56 Å². The molecule has 96 valence electrons. The number of carboxylic acid groups (broad SMARTS) is 1. The molecule has 0 saturated heterocycles. The zero-order chi connectivity index (χ0) is 14.1.